The first-order valence-corrected chi connectivity index (χ1v) is 6.16. The zero-order chi connectivity index (χ0) is 12.7. The Morgan fingerprint density at radius 1 is 1.71 bits per heavy atom. The van der Waals surface area contributed by atoms with Gasteiger partial charge in [-0.25, -0.2) is 9.78 Å². The predicted octanol–water partition coefficient (Wildman–Crippen LogP) is 2.22. The van der Waals surface area contributed by atoms with E-state index in [1.165, 1.54) is 0 Å². The van der Waals surface area contributed by atoms with Gasteiger partial charge < -0.3 is 15.2 Å². The lowest BCUT2D eigenvalue weighted by Gasteiger charge is -2.06. The Bertz CT molecular complexity index is 453. The molecule has 0 fully saturated rings. The minimum absolute atomic E-state index is 0.130. The van der Waals surface area contributed by atoms with Crippen LogP contribution in [0.3, 0.4) is 0 Å². The van der Waals surface area contributed by atoms with Crippen LogP contribution in [0.1, 0.15) is 0 Å². The van der Waals surface area contributed by atoms with Crippen LogP contribution in [-0.2, 0) is 4.79 Å². The molecule has 0 aromatic carbocycles. The predicted molar refractivity (Wildman–Crippen MR) is 69.5 cm³/mol. The zero-order valence-electron chi connectivity index (χ0n) is 8.46. The Morgan fingerprint density at radius 3 is 3.06 bits per heavy atom. The van der Waals surface area contributed by atoms with Crippen LogP contribution < -0.4 is 5.32 Å². The summed E-state index contributed by atoms with van der Waals surface area (Å²) in [4.78, 5) is 28.0. The number of pyridine rings is 1. The normalized spacial score (nSPS) is 11.0. The van der Waals surface area contributed by atoms with E-state index in [9.17, 15) is 9.59 Å². The molecule has 1 amide bonds. The van der Waals surface area contributed by atoms with Gasteiger partial charge in [0.1, 0.15) is 10.9 Å². The average Bonchev–Trinajstić information content (AvgIpc) is 2.25. The van der Waals surface area contributed by atoms with Gasteiger partial charge in [0, 0.05) is 11.9 Å². The Hall–Kier alpha value is -1.41. The number of carbonyl (C=O) groups excluding carboxylic acids is 1. The van der Waals surface area contributed by atoms with Crippen LogP contribution in [0.2, 0.25) is 0 Å². The number of hydrogen-bond acceptors (Lipinski definition) is 4. The molecule has 1 rings (SSSR count). The van der Waals surface area contributed by atoms with Crippen molar-refractivity contribution in [1.29, 1.82) is 0 Å². The number of aromatic nitrogens is 1. The first-order chi connectivity index (χ1) is 8.11. The van der Waals surface area contributed by atoms with E-state index in [2.05, 4.69) is 31.2 Å². The van der Waals surface area contributed by atoms with Crippen LogP contribution in [-0.4, -0.2) is 33.4 Å². The molecule has 17 heavy (non-hydrogen) atoms. The van der Waals surface area contributed by atoms with Crippen LogP contribution in [0, 0.1) is 0 Å². The molecule has 0 bridgehead atoms. The highest BCUT2D eigenvalue weighted by atomic mass is 79.9. The Labute approximate surface area is 110 Å². The van der Waals surface area contributed by atoms with Gasteiger partial charge in [-0.3, -0.25) is 0 Å². The highest BCUT2D eigenvalue weighted by molar-refractivity contribution is 9.10. The maximum atomic E-state index is 10.5. The van der Waals surface area contributed by atoms with E-state index >= 15 is 0 Å². The van der Waals surface area contributed by atoms with Gasteiger partial charge in [0.05, 0.1) is 5.75 Å². The SMILES string of the molecule is O=CCS/C(=N/C(=O)O)Nc1ccnc(Br)c1. The van der Waals surface area contributed by atoms with Gasteiger partial charge in [-0.2, -0.15) is 4.99 Å². The molecule has 90 valence electrons. The molecule has 0 aliphatic heterocycles. The van der Waals surface area contributed by atoms with Crippen molar-refractivity contribution in [2.75, 3.05) is 11.1 Å². The van der Waals surface area contributed by atoms with E-state index in [4.69, 9.17) is 5.11 Å². The van der Waals surface area contributed by atoms with Crippen molar-refractivity contribution in [3.63, 3.8) is 0 Å². The van der Waals surface area contributed by atoms with Crippen molar-refractivity contribution in [1.82, 2.24) is 4.98 Å². The number of nitrogens with one attached hydrogen (secondary N) is 1. The fourth-order valence-electron chi connectivity index (χ4n) is 0.900. The molecule has 0 radical (unpaired) electrons. The molecule has 0 aliphatic rings. The molecule has 1 heterocycles. The molecule has 8 heteroatoms. The lowest BCUT2D eigenvalue weighted by Crippen LogP contribution is -2.11. The number of halogens is 1. The number of amidine groups is 1. The summed E-state index contributed by atoms with van der Waals surface area (Å²) >= 11 is 4.19. The molecule has 0 saturated heterocycles. The number of rotatable bonds is 3. The molecular formula is C9H8BrN3O3S. The topological polar surface area (TPSA) is 91.7 Å². The van der Waals surface area contributed by atoms with Gasteiger partial charge in [0.2, 0.25) is 0 Å². The van der Waals surface area contributed by atoms with E-state index < -0.39 is 6.09 Å². The summed E-state index contributed by atoms with van der Waals surface area (Å²) in [6, 6.07) is 3.32. The molecule has 2 N–H and O–H groups in total. The summed E-state index contributed by atoms with van der Waals surface area (Å²) in [6.45, 7) is 0. The van der Waals surface area contributed by atoms with Crippen LogP contribution in [0.4, 0.5) is 10.5 Å². The van der Waals surface area contributed by atoms with Crippen LogP contribution in [0.15, 0.2) is 27.9 Å². The van der Waals surface area contributed by atoms with Gasteiger partial charge >= 0.3 is 6.09 Å². The second kappa shape index (κ2) is 7.02. The molecule has 1 aromatic heterocycles. The third-order valence-electron chi connectivity index (χ3n) is 1.46. The standard InChI is InChI=1S/C9H8BrN3O3S/c10-7-5-6(1-2-11-7)12-8(13-9(15)16)17-4-3-14/h1-3,5H,4H2,(H,15,16)(H,11,12,13). The quantitative estimate of drug-likeness (QED) is 0.384. The largest absolute Gasteiger partial charge is 0.463 e. The molecule has 0 aliphatic carbocycles. The monoisotopic (exact) mass is 317 g/mol. The summed E-state index contributed by atoms with van der Waals surface area (Å²) in [6.07, 6.45) is 0.903. The summed E-state index contributed by atoms with van der Waals surface area (Å²) in [7, 11) is 0. The number of hydrogen-bond donors (Lipinski definition) is 2. The van der Waals surface area contributed by atoms with Crippen molar-refractivity contribution < 1.29 is 14.7 Å². The van der Waals surface area contributed by atoms with E-state index in [0.717, 1.165) is 11.8 Å². The number of anilines is 1. The Balaban J connectivity index is 2.78. The van der Waals surface area contributed by atoms with Crippen molar-refractivity contribution in [2.24, 2.45) is 4.99 Å². The summed E-state index contributed by atoms with van der Waals surface area (Å²) < 4.78 is 0.609. The van der Waals surface area contributed by atoms with E-state index in [1.54, 1.807) is 18.3 Å². The van der Waals surface area contributed by atoms with Crippen molar-refractivity contribution >= 4 is 50.9 Å². The third-order valence-corrected chi connectivity index (χ3v) is 2.67. The van der Waals surface area contributed by atoms with Crippen LogP contribution in [0.25, 0.3) is 0 Å². The number of carboxylic acid groups (broad SMARTS) is 1. The minimum Gasteiger partial charge on any atom is -0.463 e. The number of carbonyl (C=O) groups is 2. The number of nitrogens with zero attached hydrogens (tertiary/aromatic N) is 2. The van der Waals surface area contributed by atoms with Crippen molar-refractivity contribution in [2.45, 2.75) is 0 Å². The molecule has 0 saturated carbocycles. The fourth-order valence-corrected chi connectivity index (χ4v) is 1.82. The molecule has 0 spiro atoms. The minimum atomic E-state index is -1.32. The van der Waals surface area contributed by atoms with Gasteiger partial charge in [-0.1, -0.05) is 11.8 Å². The summed E-state index contributed by atoms with van der Waals surface area (Å²) in [5, 5.41) is 11.5. The number of aliphatic imine (C=N–C) groups is 1. The lowest BCUT2D eigenvalue weighted by atomic mass is 10.4. The Kier molecular flexibility index (Phi) is 5.64. The number of thioether (sulfide) groups is 1. The number of aldehydes is 1. The molecule has 0 atom stereocenters. The summed E-state index contributed by atoms with van der Waals surface area (Å²) in [5.41, 5.74) is 0.630. The highest BCUT2D eigenvalue weighted by Crippen LogP contribution is 2.15. The molecule has 6 nitrogen and oxygen atoms in total. The van der Waals surface area contributed by atoms with Crippen LogP contribution >= 0.6 is 27.7 Å². The molecular weight excluding hydrogens is 310 g/mol. The second-order valence-corrected chi connectivity index (χ2v) is 4.49. The first kappa shape index (κ1) is 13.7. The van der Waals surface area contributed by atoms with Gasteiger partial charge in [0.15, 0.2) is 5.17 Å². The highest BCUT2D eigenvalue weighted by Gasteiger charge is 2.04. The Morgan fingerprint density at radius 2 is 2.47 bits per heavy atom. The van der Waals surface area contributed by atoms with Gasteiger partial charge in [-0.05, 0) is 28.1 Å². The van der Waals surface area contributed by atoms with E-state index in [-0.39, 0.29) is 10.9 Å². The number of amides is 1. The lowest BCUT2D eigenvalue weighted by molar-refractivity contribution is -0.105. The molecule has 0 unspecified atom stereocenters. The summed E-state index contributed by atoms with van der Waals surface area (Å²) in [5.74, 6) is 0.130. The zero-order valence-corrected chi connectivity index (χ0v) is 10.9. The van der Waals surface area contributed by atoms with E-state index in [0.29, 0.717) is 16.6 Å². The first-order valence-electron chi connectivity index (χ1n) is 4.38. The average molecular weight is 318 g/mol. The van der Waals surface area contributed by atoms with Gasteiger partial charge in [-0.15, -0.1) is 0 Å². The van der Waals surface area contributed by atoms with Crippen molar-refractivity contribution in [3.05, 3.63) is 22.9 Å². The van der Waals surface area contributed by atoms with Crippen molar-refractivity contribution in [3.8, 4) is 0 Å². The maximum Gasteiger partial charge on any atom is 0.433 e. The maximum absolute atomic E-state index is 10.5. The molecule has 1 aromatic rings. The smallest absolute Gasteiger partial charge is 0.433 e. The second-order valence-electron chi connectivity index (χ2n) is 2.67. The van der Waals surface area contributed by atoms with Gasteiger partial charge in [0.25, 0.3) is 0 Å². The third kappa shape index (κ3) is 5.45. The van der Waals surface area contributed by atoms with Crippen LogP contribution in [0.5, 0.6) is 0 Å². The van der Waals surface area contributed by atoms with E-state index in [1.807, 2.05) is 0 Å². The fraction of sp³-hybridized carbons (Fsp3) is 0.111.